The van der Waals surface area contributed by atoms with Crippen LogP contribution in [0.4, 0.5) is 0 Å². The molecule has 1 aliphatic carbocycles. The van der Waals surface area contributed by atoms with E-state index in [1.807, 2.05) is 6.26 Å². The van der Waals surface area contributed by atoms with Crippen molar-refractivity contribution in [3.8, 4) is 11.8 Å². The summed E-state index contributed by atoms with van der Waals surface area (Å²) < 4.78 is 5.72. The standard InChI is InChI=1S/C23H36N2O2/c1-6-8-12-25(13-9-7-2)14-10-11-15-27-24-20-16-23(4,5)17-21-22(20)19(3)18-26-21/h18H,6-9,12-17H2,1-5H3/b24-20+. The van der Waals surface area contributed by atoms with E-state index in [9.17, 15) is 0 Å². The lowest BCUT2D eigenvalue weighted by atomic mass is 9.75. The molecule has 0 saturated carbocycles. The van der Waals surface area contributed by atoms with E-state index in [0.29, 0.717) is 6.61 Å². The summed E-state index contributed by atoms with van der Waals surface area (Å²) in [6.07, 6.45) is 8.58. The molecule has 150 valence electrons. The third-order valence-electron chi connectivity index (χ3n) is 5.02. The van der Waals surface area contributed by atoms with Crippen molar-refractivity contribution < 1.29 is 9.25 Å². The lowest BCUT2D eigenvalue weighted by Crippen LogP contribution is -2.27. The SMILES string of the molecule is CCCCN(CC#CCO/N=C1\CC(C)(C)Cc2occ(C)c21)CCCC. The Bertz CT molecular complexity index is 668. The maximum atomic E-state index is 5.72. The maximum Gasteiger partial charge on any atom is 0.177 e. The first-order valence-electron chi connectivity index (χ1n) is 10.4. The van der Waals surface area contributed by atoms with Gasteiger partial charge >= 0.3 is 0 Å². The number of unbranched alkanes of at least 4 members (excludes halogenated alkanes) is 2. The molecule has 2 rings (SSSR count). The van der Waals surface area contributed by atoms with E-state index < -0.39 is 0 Å². The molecule has 0 unspecified atom stereocenters. The molecule has 0 N–H and O–H groups in total. The van der Waals surface area contributed by atoms with Crippen molar-refractivity contribution in [3.05, 3.63) is 23.2 Å². The van der Waals surface area contributed by atoms with Crippen molar-refractivity contribution in [1.82, 2.24) is 4.90 Å². The summed E-state index contributed by atoms with van der Waals surface area (Å²) in [5.41, 5.74) is 3.40. The summed E-state index contributed by atoms with van der Waals surface area (Å²) in [5.74, 6) is 7.39. The molecule has 0 amide bonds. The van der Waals surface area contributed by atoms with Gasteiger partial charge in [-0.3, -0.25) is 4.90 Å². The van der Waals surface area contributed by atoms with Gasteiger partial charge in [0.05, 0.1) is 18.5 Å². The zero-order valence-corrected chi connectivity index (χ0v) is 17.9. The van der Waals surface area contributed by atoms with E-state index in [0.717, 1.165) is 55.1 Å². The minimum Gasteiger partial charge on any atom is -0.468 e. The van der Waals surface area contributed by atoms with Gasteiger partial charge in [0.2, 0.25) is 0 Å². The van der Waals surface area contributed by atoms with Crippen LogP contribution in [0.5, 0.6) is 0 Å². The number of furan rings is 1. The molecule has 0 aliphatic heterocycles. The highest BCUT2D eigenvalue weighted by Gasteiger charge is 2.33. The molecular formula is C23H36N2O2. The number of fused-ring (bicyclic) bond motifs is 1. The zero-order chi connectivity index (χ0) is 19.7. The molecule has 27 heavy (non-hydrogen) atoms. The molecule has 4 nitrogen and oxygen atoms in total. The molecule has 0 atom stereocenters. The molecule has 0 fully saturated rings. The highest BCUT2D eigenvalue weighted by Crippen LogP contribution is 2.37. The smallest absolute Gasteiger partial charge is 0.177 e. The molecule has 0 spiro atoms. The first kappa shape index (κ1) is 21.6. The lowest BCUT2D eigenvalue weighted by molar-refractivity contribution is 0.176. The fourth-order valence-corrected chi connectivity index (χ4v) is 3.53. The molecule has 0 saturated heterocycles. The van der Waals surface area contributed by atoms with Crippen LogP contribution in [0.2, 0.25) is 0 Å². The number of aryl methyl sites for hydroxylation is 1. The third-order valence-corrected chi connectivity index (χ3v) is 5.02. The van der Waals surface area contributed by atoms with Crippen LogP contribution in [-0.2, 0) is 11.3 Å². The van der Waals surface area contributed by atoms with Crippen LogP contribution in [-0.4, -0.2) is 36.9 Å². The quantitative estimate of drug-likeness (QED) is 0.340. The van der Waals surface area contributed by atoms with Crippen molar-refractivity contribution in [2.45, 2.75) is 73.1 Å². The Kier molecular flexibility index (Phi) is 8.44. The van der Waals surface area contributed by atoms with Crippen LogP contribution in [0.1, 0.15) is 76.7 Å². The van der Waals surface area contributed by atoms with Gasteiger partial charge in [0, 0.05) is 12.0 Å². The molecule has 1 aromatic heterocycles. The second-order valence-electron chi connectivity index (χ2n) is 8.38. The largest absolute Gasteiger partial charge is 0.468 e. The van der Waals surface area contributed by atoms with E-state index in [1.165, 1.54) is 25.7 Å². The number of hydrogen-bond acceptors (Lipinski definition) is 4. The van der Waals surface area contributed by atoms with E-state index in [-0.39, 0.29) is 5.41 Å². The number of oxime groups is 1. The molecule has 1 aromatic rings. The first-order valence-corrected chi connectivity index (χ1v) is 10.4. The second kappa shape index (κ2) is 10.6. The van der Waals surface area contributed by atoms with Crippen molar-refractivity contribution >= 4 is 5.71 Å². The van der Waals surface area contributed by atoms with Crippen LogP contribution in [0.3, 0.4) is 0 Å². The van der Waals surface area contributed by atoms with E-state index in [2.05, 4.69) is 56.5 Å². The molecule has 0 aromatic carbocycles. The average Bonchev–Trinajstić information content (AvgIpc) is 2.98. The second-order valence-corrected chi connectivity index (χ2v) is 8.38. The molecular weight excluding hydrogens is 336 g/mol. The van der Waals surface area contributed by atoms with Crippen LogP contribution >= 0.6 is 0 Å². The normalized spacial score (nSPS) is 16.9. The van der Waals surface area contributed by atoms with Gasteiger partial charge in [0.1, 0.15) is 5.76 Å². The molecule has 1 aliphatic rings. The zero-order valence-electron chi connectivity index (χ0n) is 17.9. The van der Waals surface area contributed by atoms with Gasteiger partial charge in [-0.1, -0.05) is 57.5 Å². The van der Waals surface area contributed by atoms with Crippen molar-refractivity contribution in [1.29, 1.82) is 0 Å². The van der Waals surface area contributed by atoms with Gasteiger partial charge in [-0.25, -0.2) is 0 Å². The Hall–Kier alpha value is -1.73. The average molecular weight is 373 g/mol. The summed E-state index contributed by atoms with van der Waals surface area (Å²) >= 11 is 0. The number of rotatable bonds is 9. The van der Waals surface area contributed by atoms with Gasteiger partial charge in [-0.05, 0) is 50.3 Å². The predicted molar refractivity (Wildman–Crippen MR) is 112 cm³/mol. The van der Waals surface area contributed by atoms with Gasteiger partial charge in [0.25, 0.3) is 0 Å². The van der Waals surface area contributed by atoms with Crippen LogP contribution < -0.4 is 0 Å². The highest BCUT2D eigenvalue weighted by molar-refractivity contribution is 6.03. The van der Waals surface area contributed by atoms with Crippen LogP contribution in [0, 0.1) is 24.2 Å². The highest BCUT2D eigenvalue weighted by atomic mass is 16.6. The molecule has 0 radical (unpaired) electrons. The van der Waals surface area contributed by atoms with Crippen molar-refractivity contribution in [2.75, 3.05) is 26.2 Å². The fourth-order valence-electron chi connectivity index (χ4n) is 3.53. The van der Waals surface area contributed by atoms with E-state index >= 15 is 0 Å². The fraction of sp³-hybridized carbons (Fsp3) is 0.696. The molecule has 4 heteroatoms. The molecule has 1 heterocycles. The number of hydrogen-bond donors (Lipinski definition) is 0. The van der Waals surface area contributed by atoms with E-state index in [4.69, 9.17) is 9.25 Å². The Morgan fingerprint density at radius 3 is 2.52 bits per heavy atom. The van der Waals surface area contributed by atoms with Gasteiger partial charge in [-0.2, -0.15) is 0 Å². The first-order chi connectivity index (χ1) is 13.0. The summed E-state index contributed by atoms with van der Waals surface area (Å²) in [4.78, 5) is 7.99. The van der Waals surface area contributed by atoms with Crippen molar-refractivity contribution in [2.24, 2.45) is 10.6 Å². The predicted octanol–water partition coefficient (Wildman–Crippen LogP) is 5.19. The Labute approximate surface area is 165 Å². The Morgan fingerprint density at radius 1 is 1.15 bits per heavy atom. The summed E-state index contributed by atoms with van der Waals surface area (Å²) in [5, 5.41) is 4.41. The lowest BCUT2D eigenvalue weighted by Gasteiger charge is -2.29. The minimum atomic E-state index is 0.143. The monoisotopic (exact) mass is 372 g/mol. The molecule has 0 bridgehead atoms. The van der Waals surface area contributed by atoms with Gasteiger partial charge < -0.3 is 9.25 Å². The Balaban J connectivity index is 1.88. The van der Waals surface area contributed by atoms with Crippen molar-refractivity contribution in [3.63, 3.8) is 0 Å². The Morgan fingerprint density at radius 2 is 1.85 bits per heavy atom. The van der Waals surface area contributed by atoms with Crippen LogP contribution in [0.15, 0.2) is 15.8 Å². The summed E-state index contributed by atoms with van der Waals surface area (Å²) in [7, 11) is 0. The topological polar surface area (TPSA) is 38.0 Å². The third kappa shape index (κ3) is 6.74. The van der Waals surface area contributed by atoms with E-state index in [1.54, 1.807) is 0 Å². The minimum absolute atomic E-state index is 0.143. The summed E-state index contributed by atoms with van der Waals surface area (Å²) in [6.45, 7) is 14.4. The maximum absolute atomic E-state index is 5.72. The summed E-state index contributed by atoms with van der Waals surface area (Å²) in [6, 6.07) is 0. The van der Waals surface area contributed by atoms with Gasteiger partial charge in [0.15, 0.2) is 6.61 Å². The van der Waals surface area contributed by atoms with Crippen LogP contribution in [0.25, 0.3) is 0 Å². The number of nitrogens with zero attached hydrogens (tertiary/aromatic N) is 2. The van der Waals surface area contributed by atoms with Gasteiger partial charge in [-0.15, -0.1) is 0 Å².